The number of imide groups is 1. The number of aromatic nitrogens is 1. The Kier molecular flexibility index (Phi) is 5.30. The van der Waals surface area contributed by atoms with Crippen molar-refractivity contribution < 1.29 is 19.5 Å². The highest BCUT2D eigenvalue weighted by Crippen LogP contribution is 2.68. The highest BCUT2D eigenvalue weighted by Gasteiger charge is 2.69. The Bertz CT molecular complexity index is 1170. The minimum Gasteiger partial charge on any atom is -0.481 e. The maximum absolute atomic E-state index is 13.4. The zero-order chi connectivity index (χ0) is 22.9. The fourth-order valence-corrected chi connectivity index (χ4v) is 10.7. The molecule has 4 heterocycles. The standard InChI is InChI=1S/C23H24N2O5S3/c26-13(27)6-2-1-3-7-25-21(28)15-10-9-11(16(15)22(25)29)18-14(10)17(12-5-4-8-31-12)19-20(32-18)24-23(30)33-19/h4-5,8,10-11,14-18H,1-3,6-7,9H2,(H,24,30)(H,26,27)/t10-,11+,14+,15+,16+,17-,18+/m0/s1. The number of thiophene rings is 1. The highest BCUT2D eigenvalue weighted by molar-refractivity contribution is 8.00. The Balaban J connectivity index is 1.27. The molecule has 33 heavy (non-hydrogen) atoms. The zero-order valence-corrected chi connectivity index (χ0v) is 20.2. The summed E-state index contributed by atoms with van der Waals surface area (Å²) in [5, 5.41) is 12.0. The summed E-state index contributed by atoms with van der Waals surface area (Å²) >= 11 is 4.70. The summed E-state index contributed by atoms with van der Waals surface area (Å²) < 4.78 is 0. The summed E-state index contributed by atoms with van der Waals surface area (Å²) in [4.78, 5) is 56.5. The van der Waals surface area contributed by atoms with E-state index in [1.165, 1.54) is 21.1 Å². The fourth-order valence-electron chi connectivity index (χ4n) is 6.81. The molecule has 4 aliphatic rings. The van der Waals surface area contributed by atoms with Crippen LogP contribution in [0, 0.1) is 29.6 Å². The third-order valence-corrected chi connectivity index (χ3v) is 11.5. The summed E-state index contributed by atoms with van der Waals surface area (Å²) in [6.45, 7) is 0.390. The van der Waals surface area contributed by atoms with Gasteiger partial charge in [0, 0.05) is 33.9 Å². The van der Waals surface area contributed by atoms with Crippen molar-refractivity contribution in [3.63, 3.8) is 0 Å². The van der Waals surface area contributed by atoms with Crippen LogP contribution in [-0.4, -0.2) is 44.6 Å². The predicted octanol–water partition coefficient (Wildman–Crippen LogP) is 3.62. The summed E-state index contributed by atoms with van der Waals surface area (Å²) in [6, 6.07) is 4.17. The number of thioether (sulfide) groups is 1. The van der Waals surface area contributed by atoms with E-state index >= 15 is 0 Å². The third-order valence-electron chi connectivity index (χ3n) is 7.94. The van der Waals surface area contributed by atoms with Crippen molar-refractivity contribution in [2.75, 3.05) is 6.54 Å². The number of carbonyl (C=O) groups is 3. The van der Waals surface area contributed by atoms with Gasteiger partial charge in [0.05, 0.1) is 16.9 Å². The van der Waals surface area contributed by atoms with Crippen molar-refractivity contribution >= 4 is 52.2 Å². The largest absolute Gasteiger partial charge is 0.481 e. The summed E-state index contributed by atoms with van der Waals surface area (Å²) in [5.74, 6) is -0.695. The molecule has 2 aromatic rings. The van der Waals surface area contributed by atoms with Gasteiger partial charge in [-0.1, -0.05) is 23.8 Å². The van der Waals surface area contributed by atoms with Crippen LogP contribution in [0.1, 0.15) is 47.8 Å². The molecule has 3 fully saturated rings. The molecule has 0 unspecified atom stereocenters. The molecule has 2 amide bonds. The van der Waals surface area contributed by atoms with Crippen molar-refractivity contribution in [1.29, 1.82) is 0 Å². The zero-order valence-electron chi connectivity index (χ0n) is 17.8. The fraction of sp³-hybridized carbons (Fsp3) is 0.565. The van der Waals surface area contributed by atoms with E-state index in [-0.39, 0.29) is 63.9 Å². The van der Waals surface area contributed by atoms with Crippen molar-refractivity contribution in [3.05, 3.63) is 36.9 Å². The van der Waals surface area contributed by atoms with Gasteiger partial charge in [-0.15, -0.1) is 23.1 Å². The molecule has 2 saturated carbocycles. The Morgan fingerprint density at radius 3 is 2.64 bits per heavy atom. The Morgan fingerprint density at radius 1 is 1.12 bits per heavy atom. The third kappa shape index (κ3) is 3.28. The van der Waals surface area contributed by atoms with Gasteiger partial charge in [0.2, 0.25) is 11.8 Å². The van der Waals surface area contributed by atoms with Gasteiger partial charge < -0.3 is 10.1 Å². The Morgan fingerprint density at radius 2 is 1.91 bits per heavy atom. The van der Waals surface area contributed by atoms with Gasteiger partial charge in [-0.05, 0) is 48.5 Å². The smallest absolute Gasteiger partial charge is 0.305 e. The molecule has 0 radical (unpaired) electrons. The number of H-pyrrole nitrogens is 1. The van der Waals surface area contributed by atoms with Crippen LogP contribution in [0.25, 0.3) is 0 Å². The number of fused-ring (bicyclic) bond motifs is 9. The lowest BCUT2D eigenvalue weighted by atomic mass is 9.69. The second-order valence-corrected chi connectivity index (χ2v) is 12.7. The second-order valence-electron chi connectivity index (χ2n) is 9.51. The molecule has 10 heteroatoms. The van der Waals surface area contributed by atoms with Crippen LogP contribution in [0.5, 0.6) is 0 Å². The maximum Gasteiger partial charge on any atom is 0.305 e. The minimum atomic E-state index is -0.815. The second kappa shape index (κ2) is 8.09. The van der Waals surface area contributed by atoms with Crippen molar-refractivity contribution in [2.24, 2.45) is 29.6 Å². The number of carbonyl (C=O) groups excluding carboxylic acids is 2. The number of nitrogens with zero attached hydrogens (tertiary/aromatic N) is 1. The first-order valence-corrected chi connectivity index (χ1v) is 14.0. The molecular formula is C23H24N2O5S3. The average molecular weight is 505 g/mol. The lowest BCUT2D eigenvalue weighted by molar-refractivity contribution is -0.141. The van der Waals surface area contributed by atoms with Gasteiger partial charge in [-0.25, -0.2) is 0 Å². The summed E-state index contributed by atoms with van der Waals surface area (Å²) in [6.07, 6.45) is 2.93. The monoisotopic (exact) mass is 504 g/mol. The number of nitrogens with one attached hydrogen (secondary N) is 1. The molecule has 0 aromatic carbocycles. The summed E-state index contributed by atoms with van der Waals surface area (Å²) in [7, 11) is 0. The number of thiazole rings is 1. The van der Waals surface area contributed by atoms with Gasteiger partial charge >= 0.3 is 10.8 Å². The van der Waals surface area contributed by atoms with Gasteiger partial charge in [-0.3, -0.25) is 24.1 Å². The molecule has 2 aromatic heterocycles. The van der Waals surface area contributed by atoms with E-state index in [0.29, 0.717) is 25.8 Å². The number of hydrogen-bond donors (Lipinski definition) is 2. The molecule has 1 saturated heterocycles. The van der Waals surface area contributed by atoms with E-state index < -0.39 is 5.97 Å². The first kappa shape index (κ1) is 21.6. The Hall–Kier alpha value is -1.91. The van der Waals surface area contributed by atoms with Gasteiger partial charge in [0.25, 0.3) is 0 Å². The lowest BCUT2D eigenvalue weighted by Crippen LogP contribution is -2.42. The van der Waals surface area contributed by atoms with Crippen LogP contribution in [0.15, 0.2) is 27.3 Å². The number of aliphatic carboxylic acids is 1. The summed E-state index contributed by atoms with van der Waals surface area (Å²) in [5.41, 5.74) is 0. The minimum absolute atomic E-state index is 0.0304. The average Bonchev–Trinajstić information content (AvgIpc) is 3.57. The van der Waals surface area contributed by atoms with E-state index in [1.807, 2.05) is 6.07 Å². The normalized spacial score (nSPS) is 33.9. The van der Waals surface area contributed by atoms with Crippen LogP contribution in [-0.2, 0) is 14.4 Å². The number of hydrogen-bond acceptors (Lipinski definition) is 7. The predicted molar refractivity (Wildman–Crippen MR) is 126 cm³/mol. The van der Waals surface area contributed by atoms with Crippen LogP contribution in [0.2, 0.25) is 0 Å². The van der Waals surface area contributed by atoms with E-state index in [2.05, 4.69) is 16.4 Å². The number of carboxylic acid groups (broad SMARTS) is 1. The number of amides is 2. The van der Waals surface area contributed by atoms with Crippen LogP contribution >= 0.6 is 34.4 Å². The molecule has 2 aliphatic heterocycles. The molecule has 0 spiro atoms. The first-order valence-electron chi connectivity index (χ1n) is 11.5. The molecule has 2 aliphatic carbocycles. The van der Waals surface area contributed by atoms with Crippen molar-refractivity contribution in [1.82, 2.24) is 9.88 Å². The molecule has 7 atom stereocenters. The van der Waals surface area contributed by atoms with Gasteiger partial charge in [0.1, 0.15) is 0 Å². The van der Waals surface area contributed by atoms with Crippen LogP contribution in [0.3, 0.4) is 0 Å². The van der Waals surface area contributed by atoms with Gasteiger partial charge in [0.15, 0.2) is 0 Å². The molecular weight excluding hydrogens is 480 g/mol. The number of likely N-dealkylation sites (tertiary alicyclic amines) is 1. The number of carboxylic acids is 1. The number of rotatable bonds is 7. The molecule has 7 nitrogen and oxygen atoms in total. The van der Waals surface area contributed by atoms with Gasteiger partial charge in [-0.2, -0.15) is 0 Å². The molecule has 6 rings (SSSR count). The molecule has 2 N–H and O–H groups in total. The van der Waals surface area contributed by atoms with Crippen molar-refractivity contribution in [2.45, 2.75) is 48.3 Å². The quantitative estimate of drug-likeness (QED) is 0.441. The van der Waals surface area contributed by atoms with E-state index in [0.717, 1.165) is 16.3 Å². The molecule has 2 bridgehead atoms. The number of unbranched alkanes of at least 4 members (excludes halogenated alkanes) is 2. The lowest BCUT2D eigenvalue weighted by Gasteiger charge is -2.42. The van der Waals surface area contributed by atoms with Crippen LogP contribution < -0.4 is 4.87 Å². The van der Waals surface area contributed by atoms with Crippen molar-refractivity contribution in [3.8, 4) is 0 Å². The molecule has 174 valence electrons. The number of aromatic amines is 1. The first-order chi connectivity index (χ1) is 16.0. The van der Waals surface area contributed by atoms with E-state index in [1.54, 1.807) is 23.1 Å². The van der Waals surface area contributed by atoms with E-state index in [9.17, 15) is 19.2 Å². The highest BCUT2D eigenvalue weighted by atomic mass is 32.2. The maximum atomic E-state index is 13.4. The Labute approximate surface area is 202 Å². The van der Waals surface area contributed by atoms with Crippen LogP contribution in [0.4, 0.5) is 0 Å². The topological polar surface area (TPSA) is 108 Å². The SMILES string of the molecule is O=C(O)CCCCCN1C(=O)[C@@H]2[C@H]3C[C@@H]([C@H]4Sc5[nH]c(=O)sc5[C@@H](c5cccs5)[C@@H]34)[C@H]2C1=O. The van der Waals surface area contributed by atoms with E-state index in [4.69, 9.17) is 5.11 Å².